The Bertz CT molecular complexity index is 781. The molecule has 0 aliphatic heterocycles. The summed E-state index contributed by atoms with van der Waals surface area (Å²) in [6, 6.07) is 12.2. The molecule has 2 aromatic rings. The Morgan fingerprint density at radius 3 is 2.61 bits per heavy atom. The second-order valence-electron chi connectivity index (χ2n) is 5.80. The van der Waals surface area contributed by atoms with Crippen molar-refractivity contribution in [2.75, 3.05) is 32.0 Å². The summed E-state index contributed by atoms with van der Waals surface area (Å²) in [7, 11) is -3.30. The molecule has 1 aromatic heterocycles. The maximum atomic E-state index is 12.3. The highest BCUT2D eigenvalue weighted by molar-refractivity contribution is 14.0. The zero-order valence-electron chi connectivity index (χ0n) is 16.0. The van der Waals surface area contributed by atoms with Gasteiger partial charge in [-0.25, -0.2) is 8.42 Å². The predicted molar refractivity (Wildman–Crippen MR) is 121 cm³/mol. The molecule has 0 aliphatic rings. The Morgan fingerprint density at radius 1 is 1.14 bits per heavy atom. The van der Waals surface area contributed by atoms with Crippen LogP contribution < -0.4 is 10.6 Å². The van der Waals surface area contributed by atoms with E-state index in [1.54, 1.807) is 36.6 Å². The first-order chi connectivity index (χ1) is 13.1. The fraction of sp³-hybridized carbons (Fsp3) is 0.421. The molecule has 0 spiro atoms. The zero-order chi connectivity index (χ0) is 19.4. The Morgan fingerprint density at radius 2 is 1.93 bits per heavy atom. The highest BCUT2D eigenvalue weighted by Gasteiger charge is 2.13. The van der Waals surface area contributed by atoms with Crippen molar-refractivity contribution in [3.63, 3.8) is 0 Å². The van der Waals surface area contributed by atoms with Crippen LogP contribution in [0, 0.1) is 0 Å². The minimum Gasteiger partial charge on any atom is -0.467 e. The minimum absolute atomic E-state index is 0. The lowest BCUT2D eigenvalue weighted by molar-refractivity contribution is 0.105. The van der Waals surface area contributed by atoms with Crippen LogP contribution in [0.15, 0.2) is 63.0 Å². The number of hydrogen-bond donors (Lipinski definition) is 2. The van der Waals surface area contributed by atoms with Gasteiger partial charge >= 0.3 is 0 Å². The van der Waals surface area contributed by atoms with Crippen molar-refractivity contribution in [3.8, 4) is 0 Å². The highest BCUT2D eigenvalue weighted by atomic mass is 127. The maximum Gasteiger partial charge on any atom is 0.191 e. The zero-order valence-corrected chi connectivity index (χ0v) is 19.1. The predicted octanol–water partition coefficient (Wildman–Crippen LogP) is 2.83. The van der Waals surface area contributed by atoms with Crippen LogP contribution in [0.5, 0.6) is 0 Å². The molecule has 0 radical (unpaired) electrons. The average Bonchev–Trinajstić information content (AvgIpc) is 3.18. The minimum atomic E-state index is -3.30. The van der Waals surface area contributed by atoms with Crippen LogP contribution in [0.4, 0.5) is 0 Å². The van der Waals surface area contributed by atoms with E-state index in [1.165, 1.54) is 0 Å². The number of sulfone groups is 1. The molecule has 1 heterocycles. The van der Waals surface area contributed by atoms with Gasteiger partial charge in [-0.05, 0) is 37.6 Å². The van der Waals surface area contributed by atoms with Gasteiger partial charge in [0.1, 0.15) is 12.4 Å². The summed E-state index contributed by atoms with van der Waals surface area (Å²) in [5.41, 5.74) is 0. The quantitative estimate of drug-likeness (QED) is 0.205. The molecule has 2 rings (SSSR count). The first-order valence-corrected chi connectivity index (χ1v) is 10.7. The molecule has 28 heavy (non-hydrogen) atoms. The van der Waals surface area contributed by atoms with Crippen molar-refractivity contribution in [2.24, 2.45) is 4.99 Å². The summed E-state index contributed by atoms with van der Waals surface area (Å²) in [5.74, 6) is 1.41. The van der Waals surface area contributed by atoms with E-state index in [2.05, 4.69) is 15.6 Å². The van der Waals surface area contributed by atoms with Gasteiger partial charge < -0.3 is 19.8 Å². The molecule has 156 valence electrons. The average molecular weight is 521 g/mol. The molecule has 9 heteroatoms. The van der Waals surface area contributed by atoms with E-state index in [9.17, 15) is 8.42 Å². The topological polar surface area (TPSA) is 92.9 Å². The molecular weight excluding hydrogens is 493 g/mol. The SMILES string of the molecule is CCNC(=NCCCOCc1ccco1)NCCS(=O)(=O)c1ccccc1.I. The fourth-order valence-electron chi connectivity index (χ4n) is 2.32. The van der Waals surface area contributed by atoms with Crippen molar-refractivity contribution in [3.05, 3.63) is 54.5 Å². The summed E-state index contributed by atoms with van der Waals surface area (Å²) in [4.78, 5) is 4.77. The van der Waals surface area contributed by atoms with Gasteiger partial charge in [-0.3, -0.25) is 4.99 Å². The number of ether oxygens (including phenoxy) is 1. The summed E-state index contributed by atoms with van der Waals surface area (Å²) in [5, 5.41) is 6.17. The molecule has 0 saturated carbocycles. The van der Waals surface area contributed by atoms with E-state index in [4.69, 9.17) is 9.15 Å². The second kappa shape index (κ2) is 13.6. The van der Waals surface area contributed by atoms with Gasteiger partial charge in [0.2, 0.25) is 0 Å². The summed E-state index contributed by atoms with van der Waals surface area (Å²) in [6.07, 6.45) is 2.38. The first-order valence-electron chi connectivity index (χ1n) is 9.02. The van der Waals surface area contributed by atoms with Crippen LogP contribution in [-0.2, 0) is 21.2 Å². The van der Waals surface area contributed by atoms with Gasteiger partial charge in [0.25, 0.3) is 0 Å². The van der Waals surface area contributed by atoms with Crippen LogP contribution >= 0.6 is 24.0 Å². The third kappa shape index (κ3) is 9.07. The van der Waals surface area contributed by atoms with Crippen LogP contribution in [0.2, 0.25) is 0 Å². The standard InChI is InChI=1S/C19H27N3O4S.HI/c1-2-20-19(21-11-7-13-25-16-17-8-6-14-26-17)22-12-15-27(23,24)18-9-4-3-5-10-18;/h3-6,8-10,14H,2,7,11-13,15-16H2,1H3,(H2,20,21,22);1H. The lowest BCUT2D eigenvalue weighted by Crippen LogP contribution is -2.39. The van der Waals surface area contributed by atoms with E-state index in [1.807, 2.05) is 19.1 Å². The number of nitrogens with zero attached hydrogens (tertiary/aromatic N) is 1. The number of rotatable bonds is 11. The van der Waals surface area contributed by atoms with Crippen LogP contribution in [0.3, 0.4) is 0 Å². The van der Waals surface area contributed by atoms with Gasteiger partial charge in [0, 0.05) is 26.2 Å². The normalized spacial score (nSPS) is 11.7. The third-order valence-electron chi connectivity index (χ3n) is 3.65. The molecule has 0 saturated heterocycles. The molecule has 0 bridgehead atoms. The summed E-state index contributed by atoms with van der Waals surface area (Å²) < 4.78 is 35.3. The lowest BCUT2D eigenvalue weighted by atomic mass is 10.4. The summed E-state index contributed by atoms with van der Waals surface area (Å²) in [6.45, 7) is 4.56. The first kappa shape index (κ1) is 24.4. The molecule has 2 N–H and O–H groups in total. The third-order valence-corrected chi connectivity index (χ3v) is 5.38. The van der Waals surface area contributed by atoms with Gasteiger partial charge in [-0.1, -0.05) is 18.2 Å². The molecular formula is C19H28IN3O4S. The van der Waals surface area contributed by atoms with Crippen LogP contribution in [0.25, 0.3) is 0 Å². The molecule has 0 amide bonds. The number of hydrogen-bond acceptors (Lipinski definition) is 5. The van der Waals surface area contributed by atoms with E-state index < -0.39 is 9.84 Å². The number of benzene rings is 1. The van der Waals surface area contributed by atoms with Gasteiger partial charge in [-0.15, -0.1) is 24.0 Å². The second-order valence-corrected chi connectivity index (χ2v) is 7.91. The van der Waals surface area contributed by atoms with E-state index >= 15 is 0 Å². The molecule has 0 fully saturated rings. The van der Waals surface area contributed by atoms with E-state index in [0.717, 1.165) is 12.2 Å². The molecule has 0 aliphatic carbocycles. The number of furan rings is 1. The maximum absolute atomic E-state index is 12.3. The smallest absolute Gasteiger partial charge is 0.191 e. The highest BCUT2D eigenvalue weighted by Crippen LogP contribution is 2.09. The van der Waals surface area contributed by atoms with Crippen molar-refractivity contribution < 1.29 is 17.6 Å². The number of halogens is 1. The Kier molecular flexibility index (Phi) is 11.8. The molecule has 0 atom stereocenters. The largest absolute Gasteiger partial charge is 0.467 e. The summed E-state index contributed by atoms with van der Waals surface area (Å²) >= 11 is 0. The van der Waals surface area contributed by atoms with Crippen LogP contribution in [0.1, 0.15) is 19.1 Å². The van der Waals surface area contributed by atoms with Crippen molar-refractivity contribution >= 4 is 39.8 Å². The Balaban J connectivity index is 0.00000392. The monoisotopic (exact) mass is 521 g/mol. The van der Waals surface area contributed by atoms with E-state index in [-0.39, 0.29) is 36.3 Å². The number of nitrogens with one attached hydrogen (secondary N) is 2. The molecule has 7 nitrogen and oxygen atoms in total. The van der Waals surface area contributed by atoms with Gasteiger partial charge in [-0.2, -0.15) is 0 Å². The van der Waals surface area contributed by atoms with Crippen molar-refractivity contribution in [1.29, 1.82) is 0 Å². The van der Waals surface area contributed by atoms with Crippen LogP contribution in [-0.4, -0.2) is 46.4 Å². The van der Waals surface area contributed by atoms with Crippen molar-refractivity contribution in [1.82, 2.24) is 10.6 Å². The Hall–Kier alpha value is -1.59. The van der Waals surface area contributed by atoms with E-state index in [0.29, 0.717) is 37.2 Å². The van der Waals surface area contributed by atoms with Gasteiger partial charge in [0.15, 0.2) is 15.8 Å². The molecule has 1 aromatic carbocycles. The molecule has 0 unspecified atom stereocenters. The number of aliphatic imine (C=N–C) groups is 1. The number of guanidine groups is 1. The lowest BCUT2D eigenvalue weighted by Gasteiger charge is -2.11. The fourth-order valence-corrected chi connectivity index (χ4v) is 3.49. The van der Waals surface area contributed by atoms with Crippen molar-refractivity contribution in [2.45, 2.75) is 24.8 Å². The van der Waals surface area contributed by atoms with Gasteiger partial charge in [0.05, 0.1) is 16.9 Å². The Labute approximate surface area is 183 Å².